The van der Waals surface area contributed by atoms with E-state index in [-0.39, 0.29) is 23.9 Å². The third-order valence-electron chi connectivity index (χ3n) is 4.50. The van der Waals surface area contributed by atoms with Crippen LogP contribution in [-0.2, 0) is 0 Å². The normalized spacial score (nSPS) is 19.2. The number of hydrogen-bond donors (Lipinski definition) is 2. The molecule has 2 N–H and O–H groups in total. The van der Waals surface area contributed by atoms with Crippen LogP contribution in [-0.4, -0.2) is 28.9 Å². The summed E-state index contributed by atoms with van der Waals surface area (Å²) in [5.41, 5.74) is 1.33. The number of benzene rings is 1. The van der Waals surface area contributed by atoms with Gasteiger partial charge in [-0.15, -0.1) is 0 Å². The van der Waals surface area contributed by atoms with Gasteiger partial charge in [-0.05, 0) is 56.0 Å². The molecule has 1 aromatic heterocycles. The largest absolute Gasteiger partial charge is 0.349 e. The maximum atomic E-state index is 12.4. The van der Waals surface area contributed by atoms with Crippen molar-refractivity contribution in [3.05, 3.63) is 65.5 Å². The molecule has 132 valence electrons. The maximum Gasteiger partial charge on any atom is 0.270 e. The number of pyridine rings is 1. The molecule has 0 unspecified atom stereocenters. The van der Waals surface area contributed by atoms with Gasteiger partial charge < -0.3 is 10.6 Å². The minimum atomic E-state index is -0.191. The second kappa shape index (κ2) is 8.26. The van der Waals surface area contributed by atoms with Crippen LogP contribution in [0.2, 0.25) is 0 Å². The van der Waals surface area contributed by atoms with Crippen molar-refractivity contribution in [2.45, 2.75) is 37.8 Å². The van der Waals surface area contributed by atoms with E-state index in [1.165, 1.54) is 0 Å². The van der Waals surface area contributed by atoms with Gasteiger partial charge in [-0.2, -0.15) is 5.26 Å². The Kier molecular flexibility index (Phi) is 5.59. The first-order valence-corrected chi connectivity index (χ1v) is 8.68. The van der Waals surface area contributed by atoms with Gasteiger partial charge >= 0.3 is 0 Å². The Morgan fingerprint density at radius 3 is 2.50 bits per heavy atom. The average molecular weight is 348 g/mol. The highest BCUT2D eigenvalue weighted by molar-refractivity contribution is 5.94. The highest BCUT2D eigenvalue weighted by Gasteiger charge is 2.25. The van der Waals surface area contributed by atoms with Gasteiger partial charge in [-0.1, -0.05) is 12.1 Å². The van der Waals surface area contributed by atoms with Crippen LogP contribution >= 0.6 is 0 Å². The number of carbonyl (C=O) groups excluding carboxylic acids is 2. The van der Waals surface area contributed by atoms with Gasteiger partial charge in [0.05, 0.1) is 11.6 Å². The number of nitrogens with zero attached hydrogens (tertiary/aromatic N) is 2. The number of aromatic nitrogens is 1. The molecule has 0 spiro atoms. The SMILES string of the molecule is N#Cc1cccc(C(=O)N[C@H]2CCC[C@H](NC(=O)c3ccccn3)C2)c1. The topological polar surface area (TPSA) is 94.9 Å². The van der Waals surface area contributed by atoms with Gasteiger partial charge in [0.2, 0.25) is 0 Å². The summed E-state index contributed by atoms with van der Waals surface area (Å²) in [5, 5.41) is 15.0. The van der Waals surface area contributed by atoms with Crippen LogP contribution in [0.3, 0.4) is 0 Å². The lowest BCUT2D eigenvalue weighted by atomic mass is 9.90. The Balaban J connectivity index is 1.57. The van der Waals surface area contributed by atoms with Gasteiger partial charge in [0.15, 0.2) is 0 Å². The number of nitrogens with one attached hydrogen (secondary N) is 2. The molecule has 1 heterocycles. The van der Waals surface area contributed by atoms with Gasteiger partial charge in [-0.3, -0.25) is 14.6 Å². The van der Waals surface area contributed by atoms with Crippen molar-refractivity contribution in [2.75, 3.05) is 0 Å². The number of amides is 2. The molecular formula is C20H20N4O2. The number of carbonyl (C=O) groups is 2. The van der Waals surface area contributed by atoms with E-state index < -0.39 is 0 Å². The number of hydrogen-bond acceptors (Lipinski definition) is 4. The molecule has 6 nitrogen and oxygen atoms in total. The quantitative estimate of drug-likeness (QED) is 0.887. The number of nitriles is 1. The van der Waals surface area contributed by atoms with Crippen molar-refractivity contribution < 1.29 is 9.59 Å². The van der Waals surface area contributed by atoms with E-state index >= 15 is 0 Å². The molecule has 1 fully saturated rings. The molecule has 2 aromatic rings. The van der Waals surface area contributed by atoms with E-state index in [1.807, 2.05) is 6.07 Å². The van der Waals surface area contributed by atoms with Crippen molar-refractivity contribution >= 4 is 11.8 Å². The van der Waals surface area contributed by atoms with Gasteiger partial charge in [0.1, 0.15) is 5.69 Å². The Morgan fingerprint density at radius 2 is 1.81 bits per heavy atom. The summed E-state index contributed by atoms with van der Waals surface area (Å²) in [6.07, 6.45) is 4.96. The molecule has 1 aliphatic rings. The van der Waals surface area contributed by atoms with Gasteiger partial charge in [0, 0.05) is 23.8 Å². The molecule has 2 atom stereocenters. The molecule has 0 bridgehead atoms. The highest BCUT2D eigenvalue weighted by Crippen LogP contribution is 2.19. The average Bonchev–Trinajstić information content (AvgIpc) is 2.69. The van der Waals surface area contributed by atoms with Crippen LogP contribution < -0.4 is 10.6 Å². The van der Waals surface area contributed by atoms with Crippen molar-refractivity contribution in [3.8, 4) is 6.07 Å². The standard InChI is InChI=1S/C20H20N4O2/c21-13-14-5-3-6-15(11-14)19(25)23-16-7-4-8-17(12-16)24-20(26)18-9-1-2-10-22-18/h1-3,5-6,9-11,16-17H,4,7-8,12H2,(H,23,25)(H,24,26)/t16-,17-/m0/s1. The smallest absolute Gasteiger partial charge is 0.270 e. The molecule has 0 radical (unpaired) electrons. The summed E-state index contributed by atoms with van der Waals surface area (Å²) in [5.74, 6) is -0.381. The monoisotopic (exact) mass is 348 g/mol. The summed E-state index contributed by atoms with van der Waals surface area (Å²) in [7, 11) is 0. The summed E-state index contributed by atoms with van der Waals surface area (Å²) >= 11 is 0. The van der Waals surface area contributed by atoms with Crippen LogP contribution in [0.1, 0.15) is 52.1 Å². The molecule has 0 aliphatic heterocycles. The lowest BCUT2D eigenvalue weighted by molar-refractivity contribution is 0.0900. The molecule has 1 aromatic carbocycles. The fraction of sp³-hybridized carbons (Fsp3) is 0.300. The molecule has 6 heteroatoms. The molecule has 0 saturated heterocycles. The highest BCUT2D eigenvalue weighted by atomic mass is 16.2. The summed E-state index contributed by atoms with van der Waals surface area (Å²) < 4.78 is 0. The molecule has 1 aliphatic carbocycles. The first kappa shape index (κ1) is 17.6. The Bertz CT molecular complexity index is 829. The van der Waals surface area contributed by atoms with E-state index in [9.17, 15) is 9.59 Å². The van der Waals surface area contributed by atoms with Crippen LogP contribution in [0.25, 0.3) is 0 Å². The second-order valence-corrected chi connectivity index (χ2v) is 6.41. The third kappa shape index (κ3) is 4.45. The zero-order valence-corrected chi connectivity index (χ0v) is 14.3. The minimum absolute atomic E-state index is 0.00368. The van der Waals surface area contributed by atoms with Crippen LogP contribution in [0, 0.1) is 11.3 Å². The Labute approximate surface area is 152 Å². The van der Waals surface area contributed by atoms with Crippen LogP contribution in [0.15, 0.2) is 48.7 Å². The van der Waals surface area contributed by atoms with E-state index in [1.54, 1.807) is 48.7 Å². The maximum absolute atomic E-state index is 12.4. The Morgan fingerprint density at radius 1 is 1.04 bits per heavy atom. The van der Waals surface area contributed by atoms with Gasteiger partial charge in [0.25, 0.3) is 11.8 Å². The predicted molar refractivity (Wildman–Crippen MR) is 96.4 cm³/mol. The Hall–Kier alpha value is -3.20. The zero-order valence-electron chi connectivity index (χ0n) is 14.3. The molecule has 2 amide bonds. The molecule has 1 saturated carbocycles. The van der Waals surface area contributed by atoms with E-state index in [2.05, 4.69) is 15.6 Å². The van der Waals surface area contributed by atoms with Crippen molar-refractivity contribution in [1.82, 2.24) is 15.6 Å². The summed E-state index contributed by atoms with van der Waals surface area (Å²) in [4.78, 5) is 28.7. The van der Waals surface area contributed by atoms with E-state index in [0.717, 1.165) is 19.3 Å². The predicted octanol–water partition coefficient (Wildman–Crippen LogP) is 2.42. The second-order valence-electron chi connectivity index (χ2n) is 6.41. The first-order valence-electron chi connectivity index (χ1n) is 8.68. The van der Waals surface area contributed by atoms with Crippen molar-refractivity contribution in [2.24, 2.45) is 0 Å². The lowest BCUT2D eigenvalue weighted by Crippen LogP contribution is -2.45. The fourth-order valence-corrected chi connectivity index (χ4v) is 3.21. The van der Waals surface area contributed by atoms with Crippen LogP contribution in [0.4, 0.5) is 0 Å². The summed E-state index contributed by atoms with van der Waals surface area (Å²) in [6, 6.07) is 13.9. The first-order chi connectivity index (χ1) is 12.7. The van der Waals surface area contributed by atoms with Crippen molar-refractivity contribution in [1.29, 1.82) is 5.26 Å². The molecule has 3 rings (SSSR count). The van der Waals surface area contributed by atoms with Crippen LogP contribution in [0.5, 0.6) is 0 Å². The van der Waals surface area contributed by atoms with E-state index in [0.29, 0.717) is 23.2 Å². The van der Waals surface area contributed by atoms with E-state index in [4.69, 9.17) is 5.26 Å². The third-order valence-corrected chi connectivity index (χ3v) is 4.50. The van der Waals surface area contributed by atoms with Crippen molar-refractivity contribution in [3.63, 3.8) is 0 Å². The summed E-state index contributed by atoms with van der Waals surface area (Å²) in [6.45, 7) is 0. The van der Waals surface area contributed by atoms with Gasteiger partial charge in [-0.25, -0.2) is 0 Å². The zero-order chi connectivity index (χ0) is 18.4. The fourth-order valence-electron chi connectivity index (χ4n) is 3.21. The minimum Gasteiger partial charge on any atom is -0.349 e. The number of rotatable bonds is 4. The molecule has 26 heavy (non-hydrogen) atoms. The lowest BCUT2D eigenvalue weighted by Gasteiger charge is -2.30. The molecular weight excluding hydrogens is 328 g/mol.